The first kappa shape index (κ1) is 15.5. The molecule has 21 heavy (non-hydrogen) atoms. The third kappa shape index (κ3) is 3.41. The van der Waals surface area contributed by atoms with Crippen LogP contribution >= 0.6 is 23.4 Å². The molecule has 6 heteroatoms. The molecule has 0 spiro atoms. The highest BCUT2D eigenvalue weighted by atomic mass is 35.5. The summed E-state index contributed by atoms with van der Waals surface area (Å²) in [4.78, 5) is 25.2. The van der Waals surface area contributed by atoms with Gasteiger partial charge in [-0.1, -0.05) is 17.5 Å². The van der Waals surface area contributed by atoms with Crippen molar-refractivity contribution in [2.45, 2.75) is 6.92 Å². The Kier molecular flexibility index (Phi) is 4.94. The fourth-order valence-corrected chi connectivity index (χ4v) is 2.80. The van der Waals surface area contributed by atoms with E-state index in [4.69, 9.17) is 22.8 Å². The number of hydrogen-bond donors (Lipinski definition) is 0. The van der Waals surface area contributed by atoms with Crippen molar-refractivity contribution in [2.24, 2.45) is 0 Å². The zero-order valence-electron chi connectivity index (χ0n) is 11.3. The molecule has 0 atom stereocenters. The lowest BCUT2D eigenvalue weighted by Crippen LogP contribution is -2.28. The molecule has 0 saturated carbocycles. The van der Waals surface area contributed by atoms with Crippen molar-refractivity contribution >= 4 is 40.6 Å². The number of thioether (sulfide) groups is 1. The number of amides is 2. The predicted molar refractivity (Wildman–Crippen MR) is 84.1 cm³/mol. The largest absolute Gasteiger partial charge is 0.493 e. The molecule has 1 aromatic carbocycles. The Balaban J connectivity index is 2.36. The number of imide groups is 1. The maximum Gasteiger partial charge on any atom is 0.294 e. The molecule has 1 fully saturated rings. The van der Waals surface area contributed by atoms with Crippen molar-refractivity contribution in [2.75, 3.05) is 13.2 Å². The molecule has 0 N–H and O–H groups in total. The summed E-state index contributed by atoms with van der Waals surface area (Å²) in [5.74, 6) is 2.50. The number of carbonyl (C=O) groups excluding carboxylic acids is 2. The Labute approximate surface area is 132 Å². The van der Waals surface area contributed by atoms with Crippen LogP contribution in [0.3, 0.4) is 0 Å². The number of rotatable bonds is 4. The Morgan fingerprint density at radius 1 is 1.48 bits per heavy atom. The van der Waals surface area contributed by atoms with Gasteiger partial charge in [0, 0.05) is 10.6 Å². The first-order valence-corrected chi connectivity index (χ1v) is 7.37. The Hall–Kier alpha value is -1.90. The van der Waals surface area contributed by atoms with Crippen molar-refractivity contribution in [1.29, 1.82) is 0 Å². The third-order valence-corrected chi connectivity index (χ3v) is 3.82. The lowest BCUT2D eigenvalue weighted by Gasteiger charge is -2.08. The molecule has 1 saturated heterocycles. The summed E-state index contributed by atoms with van der Waals surface area (Å²) in [6.07, 6.45) is 6.75. The third-order valence-electron chi connectivity index (χ3n) is 2.68. The first-order chi connectivity index (χ1) is 10.1. The van der Waals surface area contributed by atoms with E-state index in [-0.39, 0.29) is 11.8 Å². The molecule has 0 aliphatic carbocycles. The van der Waals surface area contributed by atoms with Gasteiger partial charge in [-0.2, -0.15) is 0 Å². The topological polar surface area (TPSA) is 46.6 Å². The molecule has 4 nitrogen and oxygen atoms in total. The van der Waals surface area contributed by atoms with E-state index in [9.17, 15) is 9.59 Å². The number of nitrogens with zero attached hydrogens (tertiary/aromatic N) is 1. The SMILES string of the molecule is C#CCN1C(=O)S/C(=C\c2cc(Cl)ccc2OCC)C1=O. The van der Waals surface area contributed by atoms with Crippen LogP contribution in [0.25, 0.3) is 6.08 Å². The van der Waals surface area contributed by atoms with Gasteiger partial charge in [0.25, 0.3) is 11.1 Å². The molecule has 2 rings (SSSR count). The van der Waals surface area contributed by atoms with E-state index < -0.39 is 5.91 Å². The summed E-state index contributed by atoms with van der Waals surface area (Å²) in [6, 6.07) is 5.11. The highest BCUT2D eigenvalue weighted by Gasteiger charge is 2.34. The normalized spacial score (nSPS) is 16.4. The number of halogens is 1. The molecule has 0 aromatic heterocycles. The maximum absolute atomic E-state index is 12.1. The van der Waals surface area contributed by atoms with E-state index in [1.807, 2.05) is 6.92 Å². The van der Waals surface area contributed by atoms with Gasteiger partial charge in [0.15, 0.2) is 0 Å². The first-order valence-electron chi connectivity index (χ1n) is 6.18. The minimum Gasteiger partial charge on any atom is -0.493 e. The van der Waals surface area contributed by atoms with Crippen LogP contribution < -0.4 is 4.74 Å². The molecule has 2 amide bonds. The minimum absolute atomic E-state index is 0.0319. The highest BCUT2D eigenvalue weighted by molar-refractivity contribution is 8.18. The zero-order chi connectivity index (χ0) is 15.4. The fourth-order valence-electron chi connectivity index (χ4n) is 1.79. The molecule has 1 aliphatic heterocycles. The van der Waals surface area contributed by atoms with E-state index in [2.05, 4.69) is 5.92 Å². The number of benzene rings is 1. The summed E-state index contributed by atoms with van der Waals surface area (Å²) in [7, 11) is 0. The van der Waals surface area contributed by atoms with Crippen LogP contribution in [-0.2, 0) is 4.79 Å². The van der Waals surface area contributed by atoms with E-state index in [0.717, 1.165) is 16.7 Å². The second kappa shape index (κ2) is 6.70. The summed E-state index contributed by atoms with van der Waals surface area (Å²) in [5.41, 5.74) is 0.649. The van der Waals surface area contributed by atoms with Gasteiger partial charge < -0.3 is 4.74 Å². The molecular weight excluding hydrogens is 310 g/mol. The van der Waals surface area contributed by atoms with Crippen LogP contribution in [0.4, 0.5) is 4.79 Å². The van der Waals surface area contributed by atoms with Gasteiger partial charge in [0.2, 0.25) is 0 Å². The van der Waals surface area contributed by atoms with Crippen molar-refractivity contribution in [3.8, 4) is 18.1 Å². The van der Waals surface area contributed by atoms with Crippen molar-refractivity contribution < 1.29 is 14.3 Å². The standard InChI is InChI=1S/C15H12ClNO3S/c1-3-7-17-14(18)13(21-15(17)19)9-10-8-11(16)5-6-12(10)20-4-2/h1,5-6,8-9H,4,7H2,2H3/b13-9-. The summed E-state index contributed by atoms with van der Waals surface area (Å²) in [6.45, 7) is 2.32. The fraction of sp³-hybridized carbons (Fsp3) is 0.200. The Morgan fingerprint density at radius 2 is 2.24 bits per heavy atom. The van der Waals surface area contributed by atoms with Gasteiger partial charge in [-0.3, -0.25) is 14.5 Å². The van der Waals surface area contributed by atoms with Crippen LogP contribution in [0.15, 0.2) is 23.1 Å². The quantitative estimate of drug-likeness (QED) is 0.630. The number of terminal acetylenes is 1. The van der Waals surface area contributed by atoms with Gasteiger partial charge in [-0.05, 0) is 43.0 Å². The van der Waals surface area contributed by atoms with Crippen molar-refractivity contribution in [3.05, 3.63) is 33.7 Å². The van der Waals surface area contributed by atoms with E-state index >= 15 is 0 Å². The van der Waals surface area contributed by atoms with Gasteiger partial charge >= 0.3 is 0 Å². The predicted octanol–water partition coefficient (Wildman–Crippen LogP) is 3.41. The smallest absolute Gasteiger partial charge is 0.294 e. The van der Waals surface area contributed by atoms with Gasteiger partial charge in [0.05, 0.1) is 18.1 Å². The van der Waals surface area contributed by atoms with E-state index in [0.29, 0.717) is 27.8 Å². The van der Waals surface area contributed by atoms with Crippen molar-refractivity contribution in [1.82, 2.24) is 4.90 Å². The minimum atomic E-state index is -0.398. The van der Waals surface area contributed by atoms with Crippen LogP contribution in [0.2, 0.25) is 5.02 Å². The Bertz CT molecular complexity index is 663. The monoisotopic (exact) mass is 321 g/mol. The summed E-state index contributed by atoms with van der Waals surface area (Å²) in [5, 5.41) is 0.150. The second-order valence-corrected chi connectivity index (χ2v) is 5.52. The second-order valence-electron chi connectivity index (χ2n) is 4.09. The maximum atomic E-state index is 12.1. The molecule has 0 bridgehead atoms. The van der Waals surface area contributed by atoms with E-state index in [1.54, 1.807) is 24.3 Å². The Morgan fingerprint density at radius 3 is 2.90 bits per heavy atom. The number of hydrogen-bond acceptors (Lipinski definition) is 4. The zero-order valence-corrected chi connectivity index (χ0v) is 12.8. The van der Waals surface area contributed by atoms with Gasteiger partial charge in [0.1, 0.15) is 5.75 Å². The van der Waals surface area contributed by atoms with Crippen molar-refractivity contribution in [3.63, 3.8) is 0 Å². The average molecular weight is 322 g/mol. The number of ether oxygens (including phenoxy) is 1. The van der Waals surface area contributed by atoms with Crippen LogP contribution in [0, 0.1) is 12.3 Å². The van der Waals surface area contributed by atoms with E-state index in [1.165, 1.54) is 0 Å². The van der Waals surface area contributed by atoms with Gasteiger partial charge in [-0.15, -0.1) is 6.42 Å². The summed E-state index contributed by atoms with van der Waals surface area (Å²) >= 11 is 6.82. The molecule has 0 radical (unpaired) electrons. The van der Waals surface area contributed by atoms with Crippen LogP contribution in [-0.4, -0.2) is 29.2 Å². The highest BCUT2D eigenvalue weighted by Crippen LogP contribution is 2.34. The summed E-state index contributed by atoms with van der Waals surface area (Å²) < 4.78 is 5.48. The number of carbonyl (C=O) groups is 2. The van der Waals surface area contributed by atoms with Crippen LogP contribution in [0.5, 0.6) is 5.75 Å². The lowest BCUT2D eigenvalue weighted by molar-refractivity contribution is -0.122. The lowest BCUT2D eigenvalue weighted by atomic mass is 10.2. The molecule has 1 aliphatic rings. The molecule has 1 heterocycles. The molecular formula is C15H12ClNO3S. The molecule has 1 aromatic rings. The van der Waals surface area contributed by atoms with Crippen LogP contribution in [0.1, 0.15) is 12.5 Å². The van der Waals surface area contributed by atoms with Gasteiger partial charge in [-0.25, -0.2) is 0 Å². The molecule has 108 valence electrons. The average Bonchev–Trinajstić information content (AvgIpc) is 2.70. The molecule has 0 unspecified atom stereocenters.